The minimum atomic E-state index is -0.515. The van der Waals surface area contributed by atoms with E-state index < -0.39 is 11.7 Å². The highest BCUT2D eigenvalue weighted by atomic mass is 19.1. The van der Waals surface area contributed by atoms with E-state index in [1.807, 2.05) is 0 Å². The third-order valence-electron chi connectivity index (χ3n) is 2.33. The van der Waals surface area contributed by atoms with Gasteiger partial charge >= 0.3 is 6.09 Å². The zero-order chi connectivity index (χ0) is 13.9. The van der Waals surface area contributed by atoms with Crippen molar-refractivity contribution in [1.29, 1.82) is 0 Å². The first-order valence-electron chi connectivity index (χ1n) is 5.91. The molecule has 0 spiro atoms. The van der Waals surface area contributed by atoms with E-state index in [0.29, 0.717) is 17.7 Å². The van der Waals surface area contributed by atoms with E-state index in [2.05, 4.69) is 5.32 Å². The molecule has 0 radical (unpaired) electrons. The number of ether oxygens (including phenoxy) is 1. The number of carbonyl (C=O) groups excluding carboxylic acids is 1. The van der Waals surface area contributed by atoms with Crippen molar-refractivity contribution in [3.8, 4) is 0 Å². The lowest BCUT2D eigenvalue weighted by Gasteiger charge is -2.19. The maximum atomic E-state index is 13.4. The van der Waals surface area contributed by atoms with Gasteiger partial charge in [0.1, 0.15) is 11.4 Å². The van der Waals surface area contributed by atoms with Crippen LogP contribution in [0.15, 0.2) is 12.1 Å². The average Bonchev–Trinajstić information content (AvgIpc) is 2.20. The van der Waals surface area contributed by atoms with E-state index in [-0.39, 0.29) is 5.82 Å². The number of carbonyl (C=O) groups is 1. The van der Waals surface area contributed by atoms with Gasteiger partial charge in [-0.05, 0) is 51.3 Å². The Labute approximate surface area is 107 Å². The highest BCUT2D eigenvalue weighted by Crippen LogP contribution is 2.14. The van der Waals surface area contributed by atoms with Crippen molar-refractivity contribution in [3.05, 3.63) is 34.6 Å². The molecule has 0 fully saturated rings. The maximum Gasteiger partial charge on any atom is 0.407 e. The molecule has 0 unspecified atom stereocenters. The Morgan fingerprint density at radius 3 is 2.22 bits per heavy atom. The van der Waals surface area contributed by atoms with Crippen molar-refractivity contribution in [2.75, 3.05) is 0 Å². The second kappa shape index (κ2) is 5.38. The van der Waals surface area contributed by atoms with Gasteiger partial charge in [-0.1, -0.05) is 12.1 Å². The molecule has 100 valence electrons. The number of hydrogen-bond donors (Lipinski definition) is 1. The Kier molecular flexibility index (Phi) is 4.33. The van der Waals surface area contributed by atoms with Crippen LogP contribution in [0.5, 0.6) is 0 Å². The van der Waals surface area contributed by atoms with Crippen molar-refractivity contribution < 1.29 is 13.9 Å². The van der Waals surface area contributed by atoms with Crippen molar-refractivity contribution in [3.63, 3.8) is 0 Å². The fourth-order valence-corrected chi connectivity index (χ4v) is 1.63. The van der Waals surface area contributed by atoms with E-state index in [9.17, 15) is 9.18 Å². The molecular weight excluding hydrogens is 233 g/mol. The predicted octanol–water partition coefficient (Wildman–Crippen LogP) is 3.47. The van der Waals surface area contributed by atoms with Crippen LogP contribution in [0.3, 0.4) is 0 Å². The molecule has 4 heteroatoms. The first kappa shape index (κ1) is 14.5. The van der Waals surface area contributed by atoms with Gasteiger partial charge in [-0.2, -0.15) is 0 Å². The Bertz CT molecular complexity index is 427. The van der Waals surface area contributed by atoms with E-state index in [1.54, 1.807) is 46.8 Å². The summed E-state index contributed by atoms with van der Waals surface area (Å²) in [7, 11) is 0. The van der Waals surface area contributed by atoms with Gasteiger partial charge in [0.05, 0.1) is 0 Å². The van der Waals surface area contributed by atoms with Crippen LogP contribution in [0, 0.1) is 19.7 Å². The second-order valence-electron chi connectivity index (χ2n) is 5.40. The lowest BCUT2D eigenvalue weighted by molar-refractivity contribution is 0.0523. The van der Waals surface area contributed by atoms with Gasteiger partial charge in [0.15, 0.2) is 0 Å². The average molecular weight is 253 g/mol. The Hall–Kier alpha value is -1.58. The topological polar surface area (TPSA) is 38.3 Å². The highest BCUT2D eigenvalue weighted by molar-refractivity contribution is 5.67. The molecule has 0 aliphatic heterocycles. The van der Waals surface area contributed by atoms with Crippen molar-refractivity contribution in [1.82, 2.24) is 5.32 Å². The summed E-state index contributed by atoms with van der Waals surface area (Å²) in [5, 5.41) is 2.65. The van der Waals surface area contributed by atoms with E-state index >= 15 is 0 Å². The van der Waals surface area contributed by atoms with Crippen LogP contribution in [0.4, 0.5) is 9.18 Å². The number of halogens is 1. The predicted molar refractivity (Wildman–Crippen MR) is 68.9 cm³/mol. The van der Waals surface area contributed by atoms with Gasteiger partial charge in [-0.15, -0.1) is 0 Å². The summed E-state index contributed by atoms with van der Waals surface area (Å²) in [5.41, 5.74) is 1.50. The molecular formula is C14H20FNO2. The summed E-state index contributed by atoms with van der Waals surface area (Å²) in [6.45, 7) is 9.16. The SMILES string of the molecule is Cc1cc(CNC(=O)OC(C)(C)C)cc(C)c1F. The second-order valence-corrected chi connectivity index (χ2v) is 5.40. The summed E-state index contributed by atoms with van der Waals surface area (Å²) < 4.78 is 18.5. The largest absolute Gasteiger partial charge is 0.444 e. The van der Waals surface area contributed by atoms with Gasteiger partial charge in [-0.25, -0.2) is 9.18 Å². The molecule has 0 bridgehead atoms. The molecule has 1 aromatic rings. The molecule has 1 rings (SSSR count). The van der Waals surface area contributed by atoms with Crippen molar-refractivity contribution in [2.24, 2.45) is 0 Å². The fraction of sp³-hybridized carbons (Fsp3) is 0.500. The van der Waals surface area contributed by atoms with Gasteiger partial charge < -0.3 is 10.1 Å². The highest BCUT2D eigenvalue weighted by Gasteiger charge is 2.15. The lowest BCUT2D eigenvalue weighted by atomic mass is 10.1. The molecule has 0 atom stereocenters. The molecule has 0 heterocycles. The normalized spacial score (nSPS) is 11.2. The summed E-state index contributed by atoms with van der Waals surface area (Å²) >= 11 is 0. The zero-order valence-electron chi connectivity index (χ0n) is 11.6. The Morgan fingerprint density at radius 2 is 1.78 bits per heavy atom. The molecule has 0 saturated carbocycles. The molecule has 3 nitrogen and oxygen atoms in total. The number of aryl methyl sites for hydroxylation is 2. The quantitative estimate of drug-likeness (QED) is 0.876. The minimum Gasteiger partial charge on any atom is -0.444 e. The lowest BCUT2D eigenvalue weighted by Crippen LogP contribution is -2.32. The number of alkyl carbamates (subject to hydrolysis) is 1. The molecule has 0 aliphatic carbocycles. The molecule has 1 aromatic carbocycles. The summed E-state index contributed by atoms with van der Waals surface area (Å²) in [4.78, 5) is 11.5. The Balaban J connectivity index is 2.62. The first-order valence-corrected chi connectivity index (χ1v) is 5.91. The summed E-state index contributed by atoms with van der Waals surface area (Å²) in [6, 6.07) is 3.44. The monoisotopic (exact) mass is 253 g/mol. The van der Waals surface area contributed by atoms with Crippen molar-refractivity contribution >= 4 is 6.09 Å². The molecule has 0 aromatic heterocycles. The number of amides is 1. The van der Waals surface area contributed by atoms with Gasteiger partial charge in [-0.3, -0.25) is 0 Å². The third-order valence-corrected chi connectivity index (χ3v) is 2.33. The zero-order valence-corrected chi connectivity index (χ0v) is 11.6. The number of nitrogens with one attached hydrogen (secondary N) is 1. The Morgan fingerprint density at radius 1 is 1.28 bits per heavy atom. The van der Waals surface area contributed by atoms with Gasteiger partial charge in [0, 0.05) is 6.54 Å². The van der Waals surface area contributed by atoms with Gasteiger partial charge in [0.25, 0.3) is 0 Å². The third kappa shape index (κ3) is 4.35. The summed E-state index contributed by atoms with van der Waals surface area (Å²) in [5.74, 6) is -0.198. The first-order chi connectivity index (χ1) is 8.19. The van der Waals surface area contributed by atoms with Crippen LogP contribution in [0.25, 0.3) is 0 Å². The van der Waals surface area contributed by atoms with E-state index in [1.165, 1.54) is 0 Å². The van der Waals surface area contributed by atoms with Crippen LogP contribution in [0.1, 0.15) is 37.5 Å². The number of hydrogen-bond acceptors (Lipinski definition) is 2. The number of benzene rings is 1. The van der Waals surface area contributed by atoms with Crippen LogP contribution in [-0.2, 0) is 11.3 Å². The van der Waals surface area contributed by atoms with Crippen LogP contribution < -0.4 is 5.32 Å². The molecule has 1 amide bonds. The van der Waals surface area contributed by atoms with Crippen LogP contribution in [-0.4, -0.2) is 11.7 Å². The smallest absolute Gasteiger partial charge is 0.407 e. The van der Waals surface area contributed by atoms with Crippen LogP contribution in [0.2, 0.25) is 0 Å². The molecule has 1 N–H and O–H groups in total. The molecule has 18 heavy (non-hydrogen) atoms. The van der Waals surface area contributed by atoms with E-state index in [4.69, 9.17) is 4.74 Å². The summed E-state index contributed by atoms with van der Waals surface area (Å²) in [6.07, 6.45) is -0.470. The van der Waals surface area contributed by atoms with Crippen molar-refractivity contribution in [2.45, 2.75) is 46.8 Å². The van der Waals surface area contributed by atoms with E-state index in [0.717, 1.165) is 5.56 Å². The standard InChI is InChI=1S/C14H20FNO2/c1-9-6-11(7-10(2)12(9)15)8-16-13(17)18-14(3,4)5/h6-7H,8H2,1-5H3,(H,16,17). The molecule has 0 aliphatic rings. The molecule has 0 saturated heterocycles. The minimum absolute atomic E-state index is 0.198. The van der Waals surface area contributed by atoms with Crippen LogP contribution >= 0.6 is 0 Å². The fourth-order valence-electron chi connectivity index (χ4n) is 1.63. The number of rotatable bonds is 2. The van der Waals surface area contributed by atoms with Gasteiger partial charge in [0.2, 0.25) is 0 Å². The maximum absolute atomic E-state index is 13.4.